The highest BCUT2D eigenvalue weighted by atomic mass is 16.6. The molecule has 1 N–H and O–H groups in total. The van der Waals surface area contributed by atoms with E-state index in [0.717, 1.165) is 16.5 Å². The van der Waals surface area contributed by atoms with Crippen LogP contribution in [0.1, 0.15) is 28.5 Å². The third-order valence-electron chi connectivity index (χ3n) is 5.19. The van der Waals surface area contributed by atoms with E-state index in [1.54, 1.807) is 0 Å². The van der Waals surface area contributed by atoms with Crippen molar-refractivity contribution in [3.8, 4) is 11.5 Å². The van der Waals surface area contributed by atoms with Gasteiger partial charge in [-0.3, -0.25) is 9.78 Å². The lowest BCUT2D eigenvalue weighted by atomic mass is 10.0. The van der Waals surface area contributed by atoms with Crippen LogP contribution >= 0.6 is 0 Å². The van der Waals surface area contributed by atoms with E-state index in [-0.39, 0.29) is 19.3 Å². The summed E-state index contributed by atoms with van der Waals surface area (Å²) in [5.41, 5.74) is 2.73. The van der Waals surface area contributed by atoms with E-state index in [1.807, 2.05) is 62.4 Å². The van der Waals surface area contributed by atoms with E-state index >= 15 is 0 Å². The number of nitrogens with zero attached hydrogens (tertiary/aromatic N) is 1. The van der Waals surface area contributed by atoms with Gasteiger partial charge in [0.15, 0.2) is 18.1 Å². The summed E-state index contributed by atoms with van der Waals surface area (Å²) in [7, 11) is 0. The molecule has 0 saturated heterocycles. The lowest BCUT2D eigenvalue weighted by Gasteiger charge is -2.26. The second kappa shape index (κ2) is 9.04. The number of rotatable bonds is 6. The smallest absolute Gasteiger partial charge is 0.340 e. The number of esters is 1. The topological polar surface area (TPSA) is 86.8 Å². The zero-order chi connectivity index (χ0) is 21.8. The third-order valence-corrected chi connectivity index (χ3v) is 5.19. The lowest BCUT2D eigenvalue weighted by Crippen LogP contribution is -2.42. The van der Waals surface area contributed by atoms with Gasteiger partial charge in [-0.1, -0.05) is 37.3 Å². The van der Waals surface area contributed by atoms with Gasteiger partial charge in [0.05, 0.1) is 23.3 Å². The van der Waals surface area contributed by atoms with E-state index in [4.69, 9.17) is 14.2 Å². The van der Waals surface area contributed by atoms with Gasteiger partial charge in [-0.15, -0.1) is 0 Å². The first-order valence-corrected chi connectivity index (χ1v) is 10.3. The maximum absolute atomic E-state index is 12.7. The lowest BCUT2D eigenvalue weighted by molar-refractivity contribution is -0.124. The van der Waals surface area contributed by atoms with Gasteiger partial charge < -0.3 is 19.5 Å². The highest BCUT2D eigenvalue weighted by Gasteiger charge is 2.22. The molecule has 160 valence electrons. The van der Waals surface area contributed by atoms with Crippen LogP contribution in [0.15, 0.2) is 48.5 Å². The van der Waals surface area contributed by atoms with E-state index < -0.39 is 11.9 Å². The van der Waals surface area contributed by atoms with Crippen LogP contribution in [0, 0.1) is 6.92 Å². The molecule has 0 radical (unpaired) electrons. The molecular weight excluding hydrogens is 396 g/mol. The Hall–Kier alpha value is -3.61. The van der Waals surface area contributed by atoms with E-state index in [0.29, 0.717) is 35.8 Å². The minimum absolute atomic E-state index is 0.251. The molecule has 0 saturated carbocycles. The second-order valence-corrected chi connectivity index (χ2v) is 7.31. The predicted octanol–water partition coefficient (Wildman–Crippen LogP) is 3.22. The van der Waals surface area contributed by atoms with Gasteiger partial charge in [0.1, 0.15) is 12.7 Å². The Morgan fingerprint density at radius 3 is 2.68 bits per heavy atom. The van der Waals surface area contributed by atoms with Crippen LogP contribution in [0.5, 0.6) is 11.5 Å². The van der Waals surface area contributed by atoms with Crippen molar-refractivity contribution in [3.05, 3.63) is 65.4 Å². The van der Waals surface area contributed by atoms with Gasteiger partial charge >= 0.3 is 5.97 Å². The summed E-state index contributed by atoms with van der Waals surface area (Å²) in [6.07, 6.45) is 0.274. The molecule has 0 fully saturated rings. The number of ether oxygens (including phenoxy) is 3. The van der Waals surface area contributed by atoms with Gasteiger partial charge in [-0.25, -0.2) is 4.79 Å². The summed E-state index contributed by atoms with van der Waals surface area (Å²) in [5, 5.41) is 3.62. The zero-order valence-electron chi connectivity index (χ0n) is 17.5. The molecule has 0 bridgehead atoms. The van der Waals surface area contributed by atoms with Crippen molar-refractivity contribution >= 4 is 22.8 Å². The van der Waals surface area contributed by atoms with Crippen LogP contribution < -0.4 is 14.8 Å². The standard InChI is InChI=1S/C24H24N2O5/c1-3-18-23(15(2)17-8-4-5-9-19(17)26-18)24(28)30-14-22(27)25-12-16-13-29-20-10-6-7-11-21(20)31-16/h4-11,16H,3,12-14H2,1-2H3,(H,25,27)/t16-/m1/s1. The van der Waals surface area contributed by atoms with Gasteiger partial charge in [-0.05, 0) is 37.1 Å². The Balaban J connectivity index is 1.35. The van der Waals surface area contributed by atoms with Crippen LogP contribution in [-0.2, 0) is 16.0 Å². The first-order valence-electron chi connectivity index (χ1n) is 10.3. The van der Waals surface area contributed by atoms with Crippen molar-refractivity contribution in [1.82, 2.24) is 10.3 Å². The van der Waals surface area contributed by atoms with Crippen LogP contribution in [0.2, 0.25) is 0 Å². The van der Waals surface area contributed by atoms with Crippen LogP contribution in [0.25, 0.3) is 10.9 Å². The van der Waals surface area contributed by atoms with Crippen molar-refractivity contribution < 1.29 is 23.8 Å². The predicted molar refractivity (Wildman–Crippen MR) is 116 cm³/mol. The first-order chi connectivity index (χ1) is 15.1. The number of hydrogen-bond acceptors (Lipinski definition) is 6. The van der Waals surface area contributed by atoms with Crippen LogP contribution in [0.3, 0.4) is 0 Å². The van der Waals surface area contributed by atoms with E-state index in [1.165, 1.54) is 0 Å². The molecule has 0 aliphatic carbocycles. The number of aromatic nitrogens is 1. The maximum atomic E-state index is 12.7. The SMILES string of the molecule is CCc1nc2ccccc2c(C)c1C(=O)OCC(=O)NC[C@@H]1COc2ccccc2O1. The Morgan fingerprint density at radius 1 is 1.13 bits per heavy atom. The third kappa shape index (κ3) is 4.45. The minimum Gasteiger partial charge on any atom is -0.486 e. The quantitative estimate of drug-likeness (QED) is 0.616. The average Bonchev–Trinajstić information content (AvgIpc) is 2.81. The zero-order valence-corrected chi connectivity index (χ0v) is 17.5. The van der Waals surface area contributed by atoms with E-state index in [2.05, 4.69) is 10.3 Å². The Morgan fingerprint density at radius 2 is 1.87 bits per heavy atom. The normalized spacial score (nSPS) is 14.8. The van der Waals surface area contributed by atoms with Crippen molar-refractivity contribution in [3.63, 3.8) is 0 Å². The van der Waals surface area contributed by atoms with Crippen LogP contribution in [-0.4, -0.2) is 42.7 Å². The van der Waals surface area contributed by atoms with Crippen molar-refractivity contribution in [1.29, 1.82) is 0 Å². The molecule has 7 heteroatoms. The molecule has 1 aliphatic heterocycles. The van der Waals surface area contributed by atoms with Gasteiger partial charge in [0, 0.05) is 5.39 Å². The molecule has 2 aromatic carbocycles. The van der Waals surface area contributed by atoms with Gasteiger partial charge in [0.2, 0.25) is 0 Å². The minimum atomic E-state index is -0.547. The fraction of sp³-hybridized carbons (Fsp3) is 0.292. The average molecular weight is 420 g/mol. The molecule has 31 heavy (non-hydrogen) atoms. The number of carbonyl (C=O) groups is 2. The highest BCUT2D eigenvalue weighted by Crippen LogP contribution is 2.30. The molecule has 1 aromatic heterocycles. The molecule has 4 rings (SSSR count). The molecule has 1 atom stereocenters. The monoisotopic (exact) mass is 420 g/mol. The highest BCUT2D eigenvalue weighted by molar-refractivity contribution is 5.99. The van der Waals surface area contributed by atoms with Crippen molar-refractivity contribution in [2.24, 2.45) is 0 Å². The molecule has 2 heterocycles. The van der Waals surface area contributed by atoms with E-state index in [9.17, 15) is 9.59 Å². The van der Waals surface area contributed by atoms with Crippen LogP contribution in [0.4, 0.5) is 0 Å². The largest absolute Gasteiger partial charge is 0.486 e. The number of carbonyl (C=O) groups excluding carboxylic acids is 2. The molecule has 1 amide bonds. The molecular formula is C24H24N2O5. The second-order valence-electron chi connectivity index (χ2n) is 7.31. The molecule has 0 spiro atoms. The van der Waals surface area contributed by atoms with Gasteiger partial charge in [0.25, 0.3) is 5.91 Å². The van der Waals surface area contributed by atoms with Gasteiger partial charge in [-0.2, -0.15) is 0 Å². The number of nitrogens with one attached hydrogen (secondary N) is 1. The Labute approximate surface area is 180 Å². The molecule has 7 nitrogen and oxygen atoms in total. The molecule has 3 aromatic rings. The fourth-order valence-electron chi connectivity index (χ4n) is 3.61. The molecule has 1 aliphatic rings. The number of amides is 1. The number of hydrogen-bond donors (Lipinski definition) is 1. The van der Waals surface area contributed by atoms with Crippen molar-refractivity contribution in [2.75, 3.05) is 19.8 Å². The number of para-hydroxylation sites is 3. The summed E-state index contributed by atoms with van der Waals surface area (Å²) in [6, 6.07) is 15.0. The summed E-state index contributed by atoms with van der Waals surface area (Å²) in [5.74, 6) is 0.380. The number of aryl methyl sites for hydroxylation is 2. The Kier molecular flexibility index (Phi) is 6.02. The fourth-order valence-corrected chi connectivity index (χ4v) is 3.61. The number of benzene rings is 2. The molecule has 0 unspecified atom stereocenters. The number of fused-ring (bicyclic) bond motifs is 2. The summed E-state index contributed by atoms with van der Waals surface area (Å²) >= 11 is 0. The summed E-state index contributed by atoms with van der Waals surface area (Å²) < 4.78 is 16.7. The summed E-state index contributed by atoms with van der Waals surface area (Å²) in [4.78, 5) is 29.6. The first kappa shape index (κ1) is 20.7. The summed E-state index contributed by atoms with van der Waals surface area (Å²) in [6.45, 7) is 4.02. The Bertz CT molecular complexity index is 1130. The maximum Gasteiger partial charge on any atom is 0.340 e. The van der Waals surface area contributed by atoms with Crippen molar-refractivity contribution in [2.45, 2.75) is 26.4 Å². The number of pyridine rings is 1.